The summed E-state index contributed by atoms with van der Waals surface area (Å²) in [5, 5.41) is 24.1. The number of carbonyl (C=O) groups is 1. The Hall–Kier alpha value is -2.92. The number of halogens is 3. The summed E-state index contributed by atoms with van der Waals surface area (Å²) in [6, 6.07) is 10.0. The molecule has 7 nitrogen and oxygen atoms in total. The molecule has 1 amide bonds. The van der Waals surface area contributed by atoms with Gasteiger partial charge in [-0.05, 0) is 73.9 Å². The summed E-state index contributed by atoms with van der Waals surface area (Å²) in [5.41, 5.74) is -1.04. The van der Waals surface area contributed by atoms with Crippen molar-refractivity contribution >= 4 is 33.0 Å². The fourth-order valence-corrected chi connectivity index (χ4v) is 8.27. The van der Waals surface area contributed by atoms with E-state index in [1.165, 1.54) is 30.5 Å². The summed E-state index contributed by atoms with van der Waals surface area (Å²) in [5.74, 6) is -3.85. The zero-order chi connectivity index (χ0) is 27.2. The lowest BCUT2D eigenvalue weighted by molar-refractivity contribution is -0.144. The predicted octanol–water partition coefficient (Wildman–Crippen LogP) is 4.69. The van der Waals surface area contributed by atoms with Gasteiger partial charge in [0.2, 0.25) is 0 Å². The zero-order valence-electron chi connectivity index (χ0n) is 20.0. The van der Waals surface area contributed by atoms with E-state index < -0.39 is 56.2 Å². The molecule has 38 heavy (non-hydrogen) atoms. The largest absolute Gasteiger partial charge is 0.386 e. The highest BCUT2D eigenvalue weighted by molar-refractivity contribution is 7.92. The molecule has 5 rings (SSSR count). The number of carbonyl (C=O) groups excluding carboxylic acids is 1. The Labute approximate surface area is 223 Å². The topological polar surface area (TPSA) is 117 Å². The van der Waals surface area contributed by atoms with Crippen LogP contribution in [0, 0.1) is 23.5 Å². The molecule has 0 radical (unpaired) electrons. The Morgan fingerprint density at radius 2 is 1.79 bits per heavy atom. The maximum absolute atomic E-state index is 13.7. The van der Waals surface area contributed by atoms with Gasteiger partial charge in [0.15, 0.2) is 21.5 Å². The van der Waals surface area contributed by atoms with Crippen molar-refractivity contribution in [3.63, 3.8) is 0 Å². The normalized spacial score (nSPS) is 25.7. The molecule has 2 bridgehead atoms. The Kier molecular flexibility index (Phi) is 7.02. The first-order chi connectivity index (χ1) is 18.0. The van der Waals surface area contributed by atoms with Gasteiger partial charge < -0.3 is 15.5 Å². The van der Waals surface area contributed by atoms with Crippen LogP contribution in [0.25, 0.3) is 0 Å². The first-order valence-corrected chi connectivity index (χ1v) is 14.0. The van der Waals surface area contributed by atoms with E-state index in [0.29, 0.717) is 18.4 Å². The van der Waals surface area contributed by atoms with Crippen LogP contribution in [0.2, 0.25) is 5.02 Å². The maximum atomic E-state index is 13.7. The SMILES string of the molecule is O=C(Nc1ccc(F)c(F)c1)c1ccc(Cl)c(S(=O)(=O)[C@@H]2CC3CC[C@@H](C2)[C@@]3(O)C(O)c2cccnc2)c1. The molecule has 3 N–H and O–H groups in total. The summed E-state index contributed by atoms with van der Waals surface area (Å²) in [4.78, 5) is 16.5. The molecule has 0 aliphatic heterocycles. The van der Waals surface area contributed by atoms with E-state index in [-0.39, 0.29) is 34.0 Å². The van der Waals surface area contributed by atoms with Crippen LogP contribution in [0.15, 0.2) is 65.8 Å². The minimum Gasteiger partial charge on any atom is -0.386 e. The highest BCUT2D eigenvalue weighted by Crippen LogP contribution is 2.56. The van der Waals surface area contributed by atoms with Crippen LogP contribution in [0.3, 0.4) is 0 Å². The van der Waals surface area contributed by atoms with Crippen LogP contribution < -0.4 is 5.32 Å². The number of aromatic nitrogens is 1. The van der Waals surface area contributed by atoms with Gasteiger partial charge >= 0.3 is 0 Å². The van der Waals surface area contributed by atoms with E-state index in [9.17, 15) is 32.2 Å². The fourth-order valence-electron chi connectivity index (χ4n) is 5.87. The van der Waals surface area contributed by atoms with Crippen LogP contribution in [-0.4, -0.2) is 40.4 Å². The van der Waals surface area contributed by atoms with E-state index >= 15 is 0 Å². The molecule has 2 aliphatic carbocycles. The Bertz CT molecular complexity index is 1470. The van der Waals surface area contributed by atoms with Crippen molar-refractivity contribution in [2.75, 3.05) is 5.32 Å². The molecular formula is C27H25ClF2N2O5S. The fraction of sp³-hybridized carbons (Fsp3) is 0.333. The summed E-state index contributed by atoms with van der Waals surface area (Å²) in [6.07, 6.45) is 3.21. The van der Waals surface area contributed by atoms with Gasteiger partial charge in [0.25, 0.3) is 5.91 Å². The lowest BCUT2D eigenvalue weighted by atomic mass is 9.70. The highest BCUT2D eigenvalue weighted by Gasteiger charge is 2.59. The van der Waals surface area contributed by atoms with Gasteiger partial charge in [0.1, 0.15) is 11.7 Å². The van der Waals surface area contributed by atoms with E-state index in [1.54, 1.807) is 18.3 Å². The number of nitrogens with one attached hydrogen (secondary N) is 1. The van der Waals surface area contributed by atoms with Gasteiger partial charge in [-0.1, -0.05) is 17.7 Å². The Balaban J connectivity index is 1.39. The number of amides is 1. The lowest BCUT2D eigenvalue weighted by Crippen LogP contribution is -2.52. The molecule has 0 spiro atoms. The number of anilines is 1. The van der Waals surface area contributed by atoms with Gasteiger partial charge in [-0.2, -0.15) is 0 Å². The maximum Gasteiger partial charge on any atom is 0.255 e. The quantitative estimate of drug-likeness (QED) is 0.401. The first kappa shape index (κ1) is 26.7. The van der Waals surface area contributed by atoms with Gasteiger partial charge in [0.05, 0.1) is 15.2 Å². The van der Waals surface area contributed by atoms with Crippen LogP contribution in [0.5, 0.6) is 0 Å². The van der Waals surface area contributed by atoms with Crippen LogP contribution in [0.1, 0.15) is 47.7 Å². The van der Waals surface area contributed by atoms with Crippen molar-refractivity contribution in [2.24, 2.45) is 11.8 Å². The van der Waals surface area contributed by atoms with Gasteiger partial charge in [0, 0.05) is 35.3 Å². The number of fused-ring (bicyclic) bond motifs is 2. The number of sulfone groups is 1. The van der Waals surface area contributed by atoms with E-state index in [2.05, 4.69) is 10.3 Å². The van der Waals surface area contributed by atoms with Crippen LogP contribution in [0.4, 0.5) is 14.5 Å². The second-order valence-electron chi connectivity index (χ2n) is 9.91. The molecule has 200 valence electrons. The smallest absolute Gasteiger partial charge is 0.255 e. The van der Waals surface area contributed by atoms with Gasteiger partial charge in [-0.25, -0.2) is 17.2 Å². The number of aliphatic hydroxyl groups excluding tert-OH is 1. The molecule has 2 saturated carbocycles. The second kappa shape index (κ2) is 10.00. The number of nitrogens with zero attached hydrogens (tertiary/aromatic N) is 1. The molecule has 2 fully saturated rings. The number of benzene rings is 2. The van der Waals surface area contributed by atoms with E-state index in [4.69, 9.17) is 11.6 Å². The monoisotopic (exact) mass is 562 g/mol. The molecule has 5 atom stereocenters. The van der Waals surface area contributed by atoms with Gasteiger partial charge in [-0.3, -0.25) is 9.78 Å². The number of rotatable bonds is 6. The molecule has 2 aromatic carbocycles. The van der Waals surface area contributed by atoms with E-state index in [0.717, 1.165) is 12.1 Å². The standard InChI is InChI=1S/C27H25ClF2N2O5S/c28-21-7-3-15(26(34)32-19-6-8-22(29)23(30)13-19)10-24(21)38(36,37)20-11-17-4-5-18(12-20)27(17,35)25(33)16-2-1-9-31-14-16/h1-3,6-10,13-14,17-18,20,25,33,35H,4-5,11-12H2,(H,32,34)/t17-,18?,20-,25?,27-/m0/s1. The van der Waals surface area contributed by atoms with Crippen molar-refractivity contribution < 1.29 is 32.2 Å². The highest BCUT2D eigenvalue weighted by atomic mass is 35.5. The molecule has 11 heteroatoms. The number of aliphatic hydroxyl groups is 2. The summed E-state index contributed by atoms with van der Waals surface area (Å²) in [7, 11) is -4.03. The third-order valence-electron chi connectivity index (χ3n) is 7.82. The zero-order valence-corrected chi connectivity index (χ0v) is 21.6. The Morgan fingerprint density at radius 1 is 1.08 bits per heavy atom. The van der Waals surface area contributed by atoms with Crippen molar-refractivity contribution in [3.8, 4) is 0 Å². The minimum absolute atomic E-state index is 0.00331. The van der Waals surface area contributed by atoms with Crippen molar-refractivity contribution in [3.05, 3.63) is 88.7 Å². The van der Waals surface area contributed by atoms with Crippen molar-refractivity contribution in [1.82, 2.24) is 4.98 Å². The first-order valence-electron chi connectivity index (χ1n) is 12.1. The van der Waals surface area contributed by atoms with Crippen LogP contribution in [-0.2, 0) is 9.84 Å². The molecule has 0 saturated heterocycles. The van der Waals surface area contributed by atoms with Crippen molar-refractivity contribution in [1.29, 1.82) is 0 Å². The molecule has 1 aromatic heterocycles. The Morgan fingerprint density at radius 3 is 2.42 bits per heavy atom. The van der Waals surface area contributed by atoms with E-state index in [1.807, 2.05) is 0 Å². The molecule has 2 aliphatic rings. The third-order valence-corrected chi connectivity index (χ3v) is 10.5. The van der Waals surface area contributed by atoms with Gasteiger partial charge in [-0.15, -0.1) is 0 Å². The number of hydrogen-bond donors (Lipinski definition) is 3. The molecular weight excluding hydrogens is 538 g/mol. The average molecular weight is 563 g/mol. The average Bonchev–Trinajstić information content (AvgIpc) is 3.06. The summed E-state index contributed by atoms with van der Waals surface area (Å²) >= 11 is 6.28. The third kappa shape index (κ3) is 4.59. The summed E-state index contributed by atoms with van der Waals surface area (Å²) in [6.45, 7) is 0. The lowest BCUT2D eigenvalue weighted by Gasteiger charge is -2.45. The minimum atomic E-state index is -4.03. The molecule has 3 aromatic rings. The number of hydrogen-bond acceptors (Lipinski definition) is 6. The van der Waals surface area contributed by atoms with Crippen LogP contribution >= 0.6 is 11.6 Å². The molecule has 2 unspecified atom stereocenters. The number of pyridine rings is 1. The summed E-state index contributed by atoms with van der Waals surface area (Å²) < 4.78 is 54.2. The molecule has 1 heterocycles. The predicted molar refractivity (Wildman–Crippen MR) is 136 cm³/mol. The van der Waals surface area contributed by atoms with Crippen molar-refractivity contribution in [2.45, 2.75) is 47.5 Å². The second-order valence-corrected chi connectivity index (χ2v) is 12.5.